The molecule has 0 aromatic carbocycles. The molecule has 17 nitrogen and oxygen atoms in total. The molecule has 0 saturated heterocycles. The molecule has 114 heavy (non-hydrogen) atoms. The Labute approximate surface area is 689 Å². The largest absolute Gasteiger partial charge is 0.493 e. The van der Waals surface area contributed by atoms with E-state index in [4.69, 9.17) is 18.6 Å². The Morgan fingerprint density at radius 1 is 0.430 bits per heavy atom. The van der Waals surface area contributed by atoms with Gasteiger partial charge < -0.3 is 32.9 Å². The van der Waals surface area contributed by atoms with Crippen LogP contribution < -0.4 is 19.1 Å². The second-order valence-electron chi connectivity index (χ2n) is 27.6. The number of aromatic amines is 1. The molecule has 15 heterocycles. The van der Waals surface area contributed by atoms with Crippen molar-refractivity contribution in [2.45, 2.75) is 289 Å². The van der Waals surface area contributed by atoms with Crippen molar-refractivity contribution in [3.63, 3.8) is 0 Å². The van der Waals surface area contributed by atoms with Crippen molar-refractivity contribution in [1.29, 1.82) is 0 Å². The van der Waals surface area contributed by atoms with Crippen LogP contribution in [0.3, 0.4) is 0 Å². The first-order valence-corrected chi connectivity index (χ1v) is 42.9. The number of aromatic nitrogens is 12. The zero-order chi connectivity index (χ0) is 85.8. The SMILES string of the molecule is CC.CC.CC.CC.CC.CC.CC.CC.CC(C)C1Cc2cccn3cnc(c23)C1.CC(C)N1CCc2ccncc21.CC(C)c1cc2c(cn1)CCO2.CC(C)c1cc2cc[nH]c2cn1.CC(C)c1cc2occc2cn1.CC(C)c1cnc2c(c1)OCCO2.CC(C)c1cnc2cnccc2c1.CC(C)c1ncccn1. The normalized spacial score (nSPS) is 12.3. The number of imidazole rings is 1. The van der Waals surface area contributed by atoms with E-state index in [0.717, 1.165) is 94.2 Å². The van der Waals surface area contributed by atoms with Crippen LogP contribution in [-0.4, -0.2) is 91.6 Å². The number of hydrogen-bond donors (Lipinski definition) is 1. The highest BCUT2D eigenvalue weighted by Gasteiger charge is 2.25. The minimum absolute atomic E-state index is 0.436. The van der Waals surface area contributed by atoms with Crippen LogP contribution in [0.15, 0.2) is 170 Å². The molecule has 16 rings (SSSR count). The molecule has 4 aliphatic rings. The van der Waals surface area contributed by atoms with E-state index in [0.29, 0.717) is 60.6 Å². The zero-order valence-electron chi connectivity index (χ0n) is 76.4. The van der Waals surface area contributed by atoms with Crippen LogP contribution in [-0.2, 0) is 25.7 Å². The van der Waals surface area contributed by atoms with E-state index in [1.165, 1.54) is 68.3 Å². The third-order valence-corrected chi connectivity index (χ3v) is 17.6. The lowest BCUT2D eigenvalue weighted by Gasteiger charge is -2.24. The number of hydrogen-bond acceptors (Lipinski definition) is 15. The quantitative estimate of drug-likeness (QED) is 0.151. The molecule has 0 spiro atoms. The van der Waals surface area contributed by atoms with Gasteiger partial charge in [0.2, 0.25) is 0 Å². The van der Waals surface area contributed by atoms with Gasteiger partial charge in [0.1, 0.15) is 30.4 Å². The maximum atomic E-state index is 5.45. The van der Waals surface area contributed by atoms with E-state index < -0.39 is 0 Å². The van der Waals surface area contributed by atoms with Gasteiger partial charge >= 0.3 is 0 Å². The van der Waals surface area contributed by atoms with Crippen molar-refractivity contribution in [1.82, 2.24) is 59.2 Å². The number of furan rings is 1. The molecular weight excluding hydrogens is 1410 g/mol. The fourth-order valence-corrected chi connectivity index (χ4v) is 11.4. The van der Waals surface area contributed by atoms with E-state index in [2.05, 4.69) is 224 Å². The fraction of sp³-hybridized carbons (Fsp3) is 0.505. The fourth-order valence-electron chi connectivity index (χ4n) is 11.4. The minimum Gasteiger partial charge on any atom is -0.493 e. The van der Waals surface area contributed by atoms with E-state index in [1.54, 1.807) is 31.1 Å². The van der Waals surface area contributed by atoms with Crippen molar-refractivity contribution in [3.05, 3.63) is 222 Å². The summed E-state index contributed by atoms with van der Waals surface area (Å²) in [6, 6.07) is 25.3. The highest BCUT2D eigenvalue weighted by atomic mass is 16.6. The lowest BCUT2D eigenvalue weighted by molar-refractivity contribution is 0.164. The van der Waals surface area contributed by atoms with Crippen molar-refractivity contribution in [3.8, 4) is 17.4 Å². The molecule has 1 atom stereocenters. The Hall–Kier alpha value is -9.64. The second kappa shape index (κ2) is 58.2. The Morgan fingerprint density at radius 3 is 1.64 bits per heavy atom. The summed E-state index contributed by atoms with van der Waals surface area (Å²) in [5.41, 5.74) is 16.9. The van der Waals surface area contributed by atoms with Gasteiger partial charge in [-0.3, -0.25) is 29.9 Å². The molecule has 1 N–H and O–H groups in total. The first-order chi connectivity index (χ1) is 55.2. The van der Waals surface area contributed by atoms with Crippen LogP contribution in [0.5, 0.6) is 17.4 Å². The molecule has 12 aromatic heterocycles. The van der Waals surface area contributed by atoms with E-state index in [1.807, 2.05) is 197 Å². The third kappa shape index (κ3) is 33.1. The maximum Gasteiger partial charge on any atom is 0.257 e. The molecule has 0 saturated carbocycles. The highest BCUT2D eigenvalue weighted by Crippen LogP contribution is 2.34. The summed E-state index contributed by atoms with van der Waals surface area (Å²) in [6.07, 6.45) is 32.6. The smallest absolute Gasteiger partial charge is 0.257 e. The van der Waals surface area contributed by atoms with Crippen LogP contribution >= 0.6 is 0 Å². The Bertz CT molecular complexity index is 4350. The lowest BCUT2D eigenvalue weighted by Crippen LogP contribution is -2.28. The van der Waals surface area contributed by atoms with Crippen LogP contribution in [0.2, 0.25) is 0 Å². The summed E-state index contributed by atoms with van der Waals surface area (Å²) in [6.45, 7) is 69.9. The summed E-state index contributed by atoms with van der Waals surface area (Å²) in [7, 11) is 0. The Morgan fingerprint density at radius 2 is 1.02 bits per heavy atom. The van der Waals surface area contributed by atoms with Gasteiger partial charge in [0, 0.05) is 138 Å². The summed E-state index contributed by atoms with van der Waals surface area (Å²) < 4.78 is 23.6. The summed E-state index contributed by atoms with van der Waals surface area (Å²) in [4.78, 5) is 47.9. The average molecular weight is 1560 g/mol. The van der Waals surface area contributed by atoms with Gasteiger partial charge in [-0.05, 0) is 151 Å². The molecule has 12 aromatic rings. The highest BCUT2D eigenvalue weighted by molar-refractivity contribution is 5.79. The van der Waals surface area contributed by atoms with Crippen LogP contribution in [0.1, 0.15) is 313 Å². The van der Waals surface area contributed by atoms with E-state index in [9.17, 15) is 0 Å². The molecule has 3 aliphatic heterocycles. The number of pyridine rings is 8. The van der Waals surface area contributed by atoms with Gasteiger partial charge in [0.25, 0.3) is 5.88 Å². The molecule has 1 unspecified atom stereocenters. The first kappa shape index (κ1) is 102. The molecule has 17 heteroatoms. The summed E-state index contributed by atoms with van der Waals surface area (Å²) in [5, 5.41) is 3.48. The van der Waals surface area contributed by atoms with Gasteiger partial charge in [-0.2, -0.15) is 0 Å². The minimum atomic E-state index is 0.436. The number of H-pyrrole nitrogens is 1. The number of fused-ring (bicyclic) bond motifs is 6. The van der Waals surface area contributed by atoms with Crippen molar-refractivity contribution in [2.75, 3.05) is 31.3 Å². The summed E-state index contributed by atoms with van der Waals surface area (Å²) >= 11 is 0. The second-order valence-corrected chi connectivity index (χ2v) is 27.6. The molecular formula is C97H149N13O4. The van der Waals surface area contributed by atoms with Crippen molar-refractivity contribution >= 4 is 44.0 Å². The van der Waals surface area contributed by atoms with E-state index >= 15 is 0 Å². The van der Waals surface area contributed by atoms with Gasteiger partial charge in [0.15, 0.2) is 5.75 Å². The monoisotopic (exact) mass is 1560 g/mol. The molecule has 626 valence electrons. The van der Waals surface area contributed by atoms with Gasteiger partial charge in [-0.25, -0.2) is 19.9 Å². The number of nitrogens with zero attached hydrogens (tertiary/aromatic N) is 12. The Kier molecular flexibility index (Phi) is 52.3. The molecule has 0 bridgehead atoms. The van der Waals surface area contributed by atoms with Gasteiger partial charge in [-0.1, -0.05) is 214 Å². The number of anilines is 1. The summed E-state index contributed by atoms with van der Waals surface area (Å²) in [5.74, 6) is 7.75. The molecule has 1 aliphatic carbocycles. The van der Waals surface area contributed by atoms with Crippen LogP contribution in [0, 0.1) is 11.8 Å². The number of rotatable bonds is 8. The number of ether oxygens (including phenoxy) is 3. The average Bonchev–Trinajstić information content (AvgIpc) is 1.62. The van der Waals surface area contributed by atoms with Crippen LogP contribution in [0.4, 0.5) is 5.69 Å². The lowest BCUT2D eigenvalue weighted by atomic mass is 9.81. The van der Waals surface area contributed by atoms with Crippen molar-refractivity contribution < 1.29 is 18.6 Å². The van der Waals surface area contributed by atoms with Crippen LogP contribution in [0.25, 0.3) is 38.3 Å². The Balaban J connectivity index is 0.000000636. The zero-order valence-corrected chi connectivity index (χ0v) is 76.4. The van der Waals surface area contributed by atoms with Gasteiger partial charge in [-0.15, -0.1) is 0 Å². The predicted molar refractivity (Wildman–Crippen MR) is 487 cm³/mol. The number of nitrogens with one attached hydrogen (secondary N) is 1. The maximum absolute atomic E-state index is 5.45. The third-order valence-electron chi connectivity index (χ3n) is 17.6. The first-order valence-electron chi connectivity index (χ1n) is 42.9. The predicted octanol–water partition coefficient (Wildman–Crippen LogP) is 26.9. The molecule has 0 radical (unpaired) electrons. The standard InChI is InChI=1S/C13H16N2.C11H12N2.C10H14N2.C10H12N2.C10H13NO2.C10H13NO.C10H11NO.C7H10N2.8C2H6/c1-9(2)11-6-10-4-3-5-15-8-14-12(7-11)13(10)15;1-8(2)10-5-9-3-4-12-7-11(9)13-6-10;1-8(2)12-6-4-9-3-5-11-7-10(9)12;1-7(2)9-5-8-3-4-11-10(8)6-12-9;1-7(2)8-5-9-10(11-6-8)13-4-3-12-9;2*1-7(2)9-5-10-8(6-11-9)3-4-12-10;1-6(2)7-8-4-3-5-9-7;8*1-2/h3-5,8-9,11H,6-7H2,1-2H3;3-8H,1-2H3;3,5,7-8H,4,6H2,1-2H3;3-7,11H,1-2H3;5-7H,3-4H2,1-2H3;5-7H,3-4H2,1-2H3;3-7H,1-2H3;3-6H,1-2H3;8*1-2H3. The molecule has 0 fully saturated rings. The molecule has 0 amide bonds. The van der Waals surface area contributed by atoms with Gasteiger partial charge in [0.05, 0.1) is 65.7 Å². The van der Waals surface area contributed by atoms with E-state index in [-0.39, 0.29) is 0 Å². The topological polar surface area (TPSA) is 193 Å². The van der Waals surface area contributed by atoms with Crippen molar-refractivity contribution in [2.24, 2.45) is 11.8 Å².